The van der Waals surface area contributed by atoms with E-state index in [-0.39, 0.29) is 17.1 Å². The summed E-state index contributed by atoms with van der Waals surface area (Å²) in [4.78, 5) is 11.9. The zero-order valence-electron chi connectivity index (χ0n) is 10.1. The van der Waals surface area contributed by atoms with E-state index < -0.39 is 11.7 Å². The number of carbonyl (C=O) groups excluding carboxylic acids is 1. The van der Waals surface area contributed by atoms with Crippen LogP contribution in [0.25, 0.3) is 0 Å². The average molecular weight is 248 g/mol. The van der Waals surface area contributed by atoms with Crippen LogP contribution in [0.3, 0.4) is 0 Å². The molecular formula is C12H13FN4O. The van der Waals surface area contributed by atoms with Gasteiger partial charge in [-0.15, -0.1) is 0 Å². The first kappa shape index (κ1) is 12.1. The van der Waals surface area contributed by atoms with Crippen LogP contribution in [-0.4, -0.2) is 15.7 Å². The minimum absolute atomic E-state index is 0.158. The van der Waals surface area contributed by atoms with Gasteiger partial charge in [0.25, 0.3) is 5.91 Å². The van der Waals surface area contributed by atoms with Gasteiger partial charge in [0.05, 0.1) is 11.9 Å². The number of hydrogen-bond acceptors (Lipinski definition) is 3. The molecule has 0 unspecified atom stereocenters. The van der Waals surface area contributed by atoms with Gasteiger partial charge >= 0.3 is 0 Å². The van der Waals surface area contributed by atoms with Crippen molar-refractivity contribution in [3.63, 3.8) is 0 Å². The Bertz CT molecular complexity index is 586. The molecule has 94 valence electrons. The van der Waals surface area contributed by atoms with Crippen molar-refractivity contribution in [3.05, 3.63) is 41.3 Å². The number of benzene rings is 1. The Balaban J connectivity index is 2.30. The third kappa shape index (κ3) is 2.04. The first-order valence-electron chi connectivity index (χ1n) is 5.34. The van der Waals surface area contributed by atoms with E-state index in [0.717, 1.165) is 0 Å². The maximum Gasteiger partial charge on any atom is 0.261 e. The van der Waals surface area contributed by atoms with Gasteiger partial charge in [0.2, 0.25) is 0 Å². The van der Waals surface area contributed by atoms with Crippen molar-refractivity contribution in [2.75, 3.05) is 11.1 Å². The largest absolute Gasteiger partial charge is 0.383 e. The Kier molecular flexibility index (Phi) is 3.01. The molecule has 1 amide bonds. The van der Waals surface area contributed by atoms with Crippen LogP contribution >= 0.6 is 0 Å². The summed E-state index contributed by atoms with van der Waals surface area (Å²) in [5, 5.41) is 6.36. The molecule has 0 radical (unpaired) electrons. The summed E-state index contributed by atoms with van der Waals surface area (Å²) in [7, 11) is 1.63. The smallest absolute Gasteiger partial charge is 0.261 e. The summed E-state index contributed by atoms with van der Waals surface area (Å²) in [6.07, 6.45) is 1.35. The summed E-state index contributed by atoms with van der Waals surface area (Å²) >= 11 is 0. The van der Waals surface area contributed by atoms with E-state index in [0.29, 0.717) is 5.56 Å². The van der Waals surface area contributed by atoms with E-state index in [2.05, 4.69) is 10.4 Å². The number of para-hydroxylation sites is 1. The van der Waals surface area contributed by atoms with Crippen molar-refractivity contribution in [2.24, 2.45) is 7.05 Å². The highest BCUT2D eigenvalue weighted by Gasteiger charge is 2.16. The number of anilines is 2. The number of aryl methyl sites for hydroxylation is 2. The maximum absolute atomic E-state index is 13.6. The number of nitrogens with two attached hydrogens (primary N) is 1. The van der Waals surface area contributed by atoms with Gasteiger partial charge in [-0.25, -0.2) is 4.39 Å². The Morgan fingerprint density at radius 3 is 2.78 bits per heavy atom. The molecule has 0 bridgehead atoms. The minimum atomic E-state index is -0.481. The van der Waals surface area contributed by atoms with Gasteiger partial charge in [-0.3, -0.25) is 9.48 Å². The molecule has 1 heterocycles. The van der Waals surface area contributed by atoms with Crippen molar-refractivity contribution in [1.29, 1.82) is 0 Å². The fourth-order valence-corrected chi connectivity index (χ4v) is 1.59. The number of hydrogen-bond donors (Lipinski definition) is 2. The molecule has 0 spiro atoms. The van der Waals surface area contributed by atoms with Crippen molar-refractivity contribution in [1.82, 2.24) is 9.78 Å². The van der Waals surface area contributed by atoms with Gasteiger partial charge in [0.15, 0.2) is 0 Å². The van der Waals surface area contributed by atoms with Crippen LogP contribution in [0, 0.1) is 12.7 Å². The molecule has 0 aliphatic heterocycles. The van der Waals surface area contributed by atoms with Crippen LogP contribution in [0.2, 0.25) is 0 Å². The summed E-state index contributed by atoms with van der Waals surface area (Å²) in [5.74, 6) is -0.721. The van der Waals surface area contributed by atoms with Gasteiger partial charge < -0.3 is 11.1 Å². The van der Waals surface area contributed by atoms with Crippen LogP contribution in [0.15, 0.2) is 24.4 Å². The van der Waals surface area contributed by atoms with Gasteiger partial charge in [0, 0.05) is 7.05 Å². The fourth-order valence-electron chi connectivity index (χ4n) is 1.59. The first-order chi connectivity index (χ1) is 8.50. The van der Waals surface area contributed by atoms with Crippen molar-refractivity contribution >= 4 is 17.4 Å². The number of carbonyl (C=O) groups is 1. The molecule has 1 aromatic carbocycles. The number of nitrogens with zero attached hydrogens (tertiary/aromatic N) is 2. The Hall–Kier alpha value is -2.37. The Morgan fingerprint density at radius 2 is 2.22 bits per heavy atom. The second kappa shape index (κ2) is 4.48. The number of amides is 1. The van der Waals surface area contributed by atoms with E-state index in [9.17, 15) is 9.18 Å². The van der Waals surface area contributed by atoms with Crippen molar-refractivity contribution in [3.8, 4) is 0 Å². The van der Waals surface area contributed by atoms with Crippen molar-refractivity contribution in [2.45, 2.75) is 6.92 Å². The number of rotatable bonds is 2. The number of nitrogens with one attached hydrogen (secondary N) is 1. The standard InChI is InChI=1S/C12H13FN4O/c1-7-4-3-5-9(13)10(7)16-12(18)8-6-15-17(2)11(8)14/h3-6H,14H2,1-2H3,(H,16,18). The predicted molar refractivity (Wildman–Crippen MR) is 66.7 cm³/mol. The number of halogens is 1. The zero-order chi connectivity index (χ0) is 13.3. The van der Waals surface area contributed by atoms with Gasteiger partial charge in [-0.1, -0.05) is 12.1 Å². The number of aromatic nitrogens is 2. The SMILES string of the molecule is Cc1cccc(F)c1NC(=O)c1cnn(C)c1N. The van der Waals surface area contributed by atoms with E-state index in [1.54, 1.807) is 26.1 Å². The fraction of sp³-hybridized carbons (Fsp3) is 0.167. The van der Waals surface area contributed by atoms with E-state index in [1.165, 1.54) is 16.9 Å². The second-order valence-electron chi connectivity index (χ2n) is 3.95. The maximum atomic E-state index is 13.6. The summed E-state index contributed by atoms with van der Waals surface area (Å²) in [6, 6.07) is 4.58. The van der Waals surface area contributed by atoms with E-state index in [1.807, 2.05) is 0 Å². The highest BCUT2D eigenvalue weighted by molar-refractivity contribution is 6.07. The number of nitrogen functional groups attached to an aromatic ring is 1. The molecule has 0 saturated heterocycles. The van der Waals surface area contributed by atoms with Crippen LogP contribution < -0.4 is 11.1 Å². The normalized spacial score (nSPS) is 10.4. The summed E-state index contributed by atoms with van der Waals surface area (Å²) in [6.45, 7) is 1.71. The van der Waals surface area contributed by atoms with Crippen LogP contribution in [0.4, 0.5) is 15.9 Å². The van der Waals surface area contributed by atoms with Crippen LogP contribution in [0.5, 0.6) is 0 Å². The van der Waals surface area contributed by atoms with Gasteiger partial charge in [-0.05, 0) is 18.6 Å². The topological polar surface area (TPSA) is 72.9 Å². The molecule has 3 N–H and O–H groups in total. The average Bonchev–Trinajstić information content (AvgIpc) is 2.65. The lowest BCUT2D eigenvalue weighted by molar-refractivity contribution is 0.102. The molecule has 0 aliphatic rings. The lowest BCUT2D eigenvalue weighted by atomic mass is 10.2. The molecule has 6 heteroatoms. The monoisotopic (exact) mass is 248 g/mol. The lowest BCUT2D eigenvalue weighted by Crippen LogP contribution is -2.15. The Morgan fingerprint density at radius 1 is 1.50 bits per heavy atom. The first-order valence-corrected chi connectivity index (χ1v) is 5.34. The molecule has 1 aromatic heterocycles. The van der Waals surface area contributed by atoms with Gasteiger partial charge in [-0.2, -0.15) is 5.10 Å². The highest BCUT2D eigenvalue weighted by Crippen LogP contribution is 2.20. The van der Waals surface area contributed by atoms with Gasteiger partial charge in [0.1, 0.15) is 17.2 Å². The van der Waals surface area contributed by atoms with E-state index in [4.69, 9.17) is 5.73 Å². The van der Waals surface area contributed by atoms with E-state index >= 15 is 0 Å². The quantitative estimate of drug-likeness (QED) is 0.849. The molecule has 2 aromatic rings. The third-order valence-electron chi connectivity index (χ3n) is 2.69. The zero-order valence-corrected chi connectivity index (χ0v) is 10.1. The minimum Gasteiger partial charge on any atom is -0.383 e. The summed E-state index contributed by atoms with van der Waals surface area (Å²) < 4.78 is 14.9. The molecule has 5 nitrogen and oxygen atoms in total. The van der Waals surface area contributed by atoms with Crippen LogP contribution in [-0.2, 0) is 7.05 Å². The van der Waals surface area contributed by atoms with Crippen LogP contribution in [0.1, 0.15) is 15.9 Å². The van der Waals surface area contributed by atoms with Crippen molar-refractivity contribution < 1.29 is 9.18 Å². The molecular weight excluding hydrogens is 235 g/mol. The third-order valence-corrected chi connectivity index (χ3v) is 2.69. The molecule has 0 fully saturated rings. The molecule has 2 rings (SSSR count). The highest BCUT2D eigenvalue weighted by atomic mass is 19.1. The Labute approximate surface area is 103 Å². The summed E-state index contributed by atoms with van der Waals surface area (Å²) in [5.41, 5.74) is 6.70. The predicted octanol–water partition coefficient (Wildman–Crippen LogP) is 1.70. The molecule has 0 saturated carbocycles. The second-order valence-corrected chi connectivity index (χ2v) is 3.95. The molecule has 0 atom stereocenters. The molecule has 18 heavy (non-hydrogen) atoms. The molecule has 0 aliphatic carbocycles. The lowest BCUT2D eigenvalue weighted by Gasteiger charge is -2.08.